The Morgan fingerprint density at radius 2 is 2.29 bits per heavy atom. The van der Waals surface area contributed by atoms with E-state index in [9.17, 15) is 4.79 Å². The largest absolute Gasteiger partial charge is 0.370 e. The van der Waals surface area contributed by atoms with Crippen molar-refractivity contribution in [3.8, 4) is 0 Å². The van der Waals surface area contributed by atoms with Crippen molar-refractivity contribution in [2.45, 2.75) is 6.42 Å². The molecule has 0 saturated heterocycles. The van der Waals surface area contributed by atoms with Crippen molar-refractivity contribution in [3.05, 3.63) is 36.1 Å². The number of primary amides is 1. The molecule has 0 saturated carbocycles. The summed E-state index contributed by atoms with van der Waals surface area (Å²) in [6, 6.07) is 3.31. The predicted molar refractivity (Wildman–Crippen MR) is 59.2 cm³/mol. The monoisotopic (exact) mass is 233 g/mol. The van der Waals surface area contributed by atoms with E-state index in [0.29, 0.717) is 30.2 Å². The highest BCUT2D eigenvalue weighted by atomic mass is 16.5. The topological polar surface area (TPSA) is 107 Å². The van der Waals surface area contributed by atoms with Crippen LogP contribution in [0.2, 0.25) is 0 Å². The van der Waals surface area contributed by atoms with Crippen LogP contribution in [-0.2, 0) is 6.42 Å². The van der Waals surface area contributed by atoms with Gasteiger partial charge in [-0.1, -0.05) is 5.16 Å². The van der Waals surface area contributed by atoms with Gasteiger partial charge in [-0.3, -0.25) is 4.79 Å². The van der Waals surface area contributed by atoms with E-state index in [2.05, 4.69) is 25.0 Å². The van der Waals surface area contributed by atoms with Crippen molar-refractivity contribution in [3.63, 3.8) is 0 Å². The van der Waals surface area contributed by atoms with Crippen LogP contribution < -0.4 is 11.1 Å². The highest BCUT2D eigenvalue weighted by molar-refractivity contribution is 5.92. The van der Waals surface area contributed by atoms with Crippen LogP contribution in [0.4, 0.5) is 5.82 Å². The van der Waals surface area contributed by atoms with E-state index in [-0.39, 0.29) is 0 Å². The van der Waals surface area contributed by atoms with Gasteiger partial charge in [0, 0.05) is 19.2 Å². The highest BCUT2D eigenvalue weighted by Gasteiger charge is 2.01. The van der Waals surface area contributed by atoms with E-state index in [1.807, 2.05) is 0 Å². The lowest BCUT2D eigenvalue weighted by Crippen LogP contribution is -2.12. The van der Waals surface area contributed by atoms with E-state index in [1.54, 1.807) is 12.1 Å². The Kier molecular flexibility index (Phi) is 3.29. The first kappa shape index (κ1) is 11.1. The molecular weight excluding hydrogens is 222 g/mol. The Balaban J connectivity index is 1.85. The van der Waals surface area contributed by atoms with Gasteiger partial charge in [0.2, 0.25) is 12.3 Å². The van der Waals surface area contributed by atoms with E-state index in [1.165, 1.54) is 12.6 Å². The number of pyridine rings is 1. The normalized spacial score (nSPS) is 10.1. The zero-order valence-electron chi connectivity index (χ0n) is 8.96. The van der Waals surface area contributed by atoms with Crippen LogP contribution in [0.1, 0.15) is 16.2 Å². The third kappa shape index (κ3) is 3.00. The van der Waals surface area contributed by atoms with Crippen molar-refractivity contribution >= 4 is 11.7 Å². The van der Waals surface area contributed by atoms with Crippen molar-refractivity contribution in [1.82, 2.24) is 15.1 Å². The lowest BCUT2D eigenvalue weighted by atomic mass is 10.3. The number of carbonyl (C=O) groups is 1. The van der Waals surface area contributed by atoms with E-state index >= 15 is 0 Å². The van der Waals surface area contributed by atoms with Crippen molar-refractivity contribution in [2.24, 2.45) is 5.73 Å². The molecule has 2 heterocycles. The summed E-state index contributed by atoms with van der Waals surface area (Å²) in [6.07, 6.45) is 3.35. The molecule has 7 nitrogen and oxygen atoms in total. The third-order valence-electron chi connectivity index (χ3n) is 2.11. The Morgan fingerprint density at radius 3 is 2.88 bits per heavy atom. The van der Waals surface area contributed by atoms with Gasteiger partial charge in [0.05, 0.1) is 5.56 Å². The molecule has 0 unspecified atom stereocenters. The van der Waals surface area contributed by atoms with Crippen LogP contribution >= 0.6 is 0 Å². The number of nitrogens with two attached hydrogens (primary N) is 1. The molecule has 17 heavy (non-hydrogen) atoms. The maximum Gasteiger partial charge on any atom is 0.250 e. The van der Waals surface area contributed by atoms with E-state index < -0.39 is 5.91 Å². The Bertz CT molecular complexity index is 480. The predicted octanol–water partition coefficient (Wildman–Crippen LogP) is 0.218. The number of hydrogen-bond donors (Lipinski definition) is 2. The molecule has 2 rings (SSSR count). The quantitative estimate of drug-likeness (QED) is 0.764. The molecule has 0 aromatic carbocycles. The minimum atomic E-state index is -0.490. The number of carbonyl (C=O) groups excluding carboxylic acids is 1. The van der Waals surface area contributed by atoms with Gasteiger partial charge < -0.3 is 15.6 Å². The standard InChI is InChI=1S/C10H11N5O2/c11-10(16)7-1-2-8(13-5-7)12-4-3-9-14-6-17-15-9/h1-2,5-6H,3-4H2,(H2,11,16)(H,12,13). The Labute approximate surface area is 97.0 Å². The molecule has 2 aromatic heterocycles. The molecule has 3 N–H and O–H groups in total. The molecule has 2 aromatic rings. The van der Waals surface area contributed by atoms with Crippen LogP contribution in [0.5, 0.6) is 0 Å². The first-order valence-electron chi connectivity index (χ1n) is 5.00. The fraction of sp³-hybridized carbons (Fsp3) is 0.200. The number of rotatable bonds is 5. The molecule has 88 valence electrons. The maximum absolute atomic E-state index is 10.8. The summed E-state index contributed by atoms with van der Waals surface area (Å²) in [5.74, 6) is 0.806. The second-order valence-electron chi connectivity index (χ2n) is 3.32. The fourth-order valence-corrected chi connectivity index (χ4v) is 1.25. The number of nitrogens with one attached hydrogen (secondary N) is 1. The maximum atomic E-state index is 10.8. The highest BCUT2D eigenvalue weighted by Crippen LogP contribution is 2.04. The molecule has 7 heteroatoms. The fourth-order valence-electron chi connectivity index (χ4n) is 1.25. The van der Waals surface area contributed by atoms with Gasteiger partial charge >= 0.3 is 0 Å². The smallest absolute Gasteiger partial charge is 0.250 e. The summed E-state index contributed by atoms with van der Waals surface area (Å²) in [6.45, 7) is 0.627. The second-order valence-corrected chi connectivity index (χ2v) is 3.32. The summed E-state index contributed by atoms with van der Waals surface area (Å²) in [5.41, 5.74) is 5.48. The Hall–Kier alpha value is -2.44. The van der Waals surface area contributed by atoms with Crippen molar-refractivity contribution < 1.29 is 9.32 Å². The summed E-state index contributed by atoms with van der Waals surface area (Å²) in [7, 11) is 0. The molecule has 0 radical (unpaired) electrons. The molecular formula is C10H11N5O2. The van der Waals surface area contributed by atoms with Crippen molar-refractivity contribution in [2.75, 3.05) is 11.9 Å². The zero-order chi connectivity index (χ0) is 12.1. The van der Waals surface area contributed by atoms with Crippen LogP contribution in [-0.4, -0.2) is 27.6 Å². The average molecular weight is 233 g/mol. The number of hydrogen-bond acceptors (Lipinski definition) is 6. The summed E-state index contributed by atoms with van der Waals surface area (Å²) < 4.78 is 4.60. The summed E-state index contributed by atoms with van der Waals surface area (Å²) >= 11 is 0. The molecule has 0 aliphatic carbocycles. The van der Waals surface area contributed by atoms with Crippen LogP contribution in [0.3, 0.4) is 0 Å². The third-order valence-corrected chi connectivity index (χ3v) is 2.11. The number of amides is 1. The van der Waals surface area contributed by atoms with Crippen LogP contribution in [0.15, 0.2) is 29.2 Å². The summed E-state index contributed by atoms with van der Waals surface area (Å²) in [5, 5.41) is 6.74. The first-order valence-corrected chi connectivity index (χ1v) is 5.00. The van der Waals surface area contributed by atoms with Gasteiger partial charge in [0.1, 0.15) is 5.82 Å². The minimum Gasteiger partial charge on any atom is -0.370 e. The molecule has 0 aliphatic heterocycles. The average Bonchev–Trinajstić information content (AvgIpc) is 2.83. The van der Waals surface area contributed by atoms with Gasteiger partial charge in [0.25, 0.3) is 0 Å². The molecule has 0 spiro atoms. The lowest BCUT2D eigenvalue weighted by Gasteiger charge is -2.03. The molecule has 0 fully saturated rings. The van der Waals surface area contributed by atoms with Gasteiger partial charge in [-0.15, -0.1) is 0 Å². The van der Waals surface area contributed by atoms with Crippen LogP contribution in [0.25, 0.3) is 0 Å². The SMILES string of the molecule is NC(=O)c1ccc(NCCc2ncon2)nc1. The Morgan fingerprint density at radius 1 is 1.41 bits per heavy atom. The molecule has 0 aliphatic rings. The van der Waals surface area contributed by atoms with E-state index in [0.717, 1.165) is 0 Å². The van der Waals surface area contributed by atoms with Gasteiger partial charge in [-0.25, -0.2) is 4.98 Å². The minimum absolute atomic E-state index is 0.383. The van der Waals surface area contributed by atoms with Gasteiger partial charge in [-0.05, 0) is 12.1 Å². The van der Waals surface area contributed by atoms with Crippen molar-refractivity contribution in [1.29, 1.82) is 0 Å². The number of nitrogens with zero attached hydrogens (tertiary/aromatic N) is 3. The van der Waals surface area contributed by atoms with Gasteiger partial charge in [0.15, 0.2) is 5.82 Å². The molecule has 1 amide bonds. The second kappa shape index (κ2) is 5.06. The zero-order valence-corrected chi connectivity index (χ0v) is 8.96. The first-order chi connectivity index (χ1) is 8.25. The number of aromatic nitrogens is 3. The van der Waals surface area contributed by atoms with E-state index in [4.69, 9.17) is 5.73 Å². The van der Waals surface area contributed by atoms with Crippen LogP contribution in [0, 0.1) is 0 Å². The lowest BCUT2D eigenvalue weighted by molar-refractivity contribution is 0.1000. The van der Waals surface area contributed by atoms with Gasteiger partial charge in [-0.2, -0.15) is 4.98 Å². The number of anilines is 1. The summed E-state index contributed by atoms with van der Waals surface area (Å²) in [4.78, 5) is 18.7. The molecule has 0 atom stereocenters. The molecule has 0 bridgehead atoms.